The van der Waals surface area contributed by atoms with Crippen LogP contribution in [0.5, 0.6) is 0 Å². The van der Waals surface area contributed by atoms with Crippen LogP contribution in [0.3, 0.4) is 0 Å². The van der Waals surface area contributed by atoms with Crippen molar-refractivity contribution in [3.05, 3.63) is 23.5 Å². The van der Waals surface area contributed by atoms with Gasteiger partial charge in [-0.3, -0.25) is 4.79 Å². The number of carbonyl (C=O) groups is 2. The molecule has 0 saturated carbocycles. The van der Waals surface area contributed by atoms with Crippen LogP contribution < -0.4 is 0 Å². The van der Waals surface area contributed by atoms with Crippen molar-refractivity contribution < 1.29 is 50.3 Å². The Labute approximate surface area is 129 Å². The summed E-state index contributed by atoms with van der Waals surface area (Å²) >= 11 is 0. The van der Waals surface area contributed by atoms with Gasteiger partial charge in [0.25, 0.3) is 0 Å². The van der Waals surface area contributed by atoms with E-state index in [0.29, 0.717) is 10.6 Å². The molecule has 13 heteroatoms. The van der Waals surface area contributed by atoms with Crippen molar-refractivity contribution >= 4 is 11.9 Å². The summed E-state index contributed by atoms with van der Waals surface area (Å²) < 4.78 is 92.8. The molecule has 0 fully saturated rings. The maximum absolute atomic E-state index is 13.2. The number of amides is 1. The second-order valence-corrected chi connectivity index (χ2v) is 4.37. The number of halogens is 7. The average Bonchev–Trinajstić information content (AvgIpc) is 2.85. The zero-order valence-electron chi connectivity index (χ0n) is 11.8. The Bertz CT molecular complexity index is 653. The van der Waals surface area contributed by atoms with Crippen LogP contribution in [0.2, 0.25) is 0 Å². The lowest BCUT2D eigenvalue weighted by molar-refractivity contribution is -0.425. The SMILES string of the molecule is COC(=O)c1ccc(C(=O)N([O])C(F)(F)C(F)(F)C(F)(F)F)n1C. The van der Waals surface area contributed by atoms with Gasteiger partial charge in [-0.2, -0.15) is 30.7 Å². The lowest BCUT2D eigenvalue weighted by Crippen LogP contribution is -2.61. The molecule has 0 atom stereocenters. The minimum atomic E-state index is -6.78. The number of methoxy groups -OCH3 is 1. The van der Waals surface area contributed by atoms with Gasteiger partial charge in [-0.25, -0.2) is 4.79 Å². The monoisotopic (exact) mass is 365 g/mol. The molecule has 0 bridgehead atoms. The molecule has 1 radical (unpaired) electrons. The molecular formula is C11H8F7N2O4. The predicted molar refractivity (Wildman–Crippen MR) is 59.6 cm³/mol. The van der Waals surface area contributed by atoms with Gasteiger partial charge in [0.2, 0.25) is 0 Å². The van der Waals surface area contributed by atoms with Crippen LogP contribution in [0.4, 0.5) is 30.7 Å². The van der Waals surface area contributed by atoms with Crippen molar-refractivity contribution in [1.29, 1.82) is 0 Å². The standard InChI is InChI=1S/C11H8F7N2O4/c1-19-5(3-4-6(19)8(22)24-2)7(21)20(23)11(17,18)9(12,13)10(14,15)16/h3-4H,1-2H3. The summed E-state index contributed by atoms with van der Waals surface area (Å²) in [7, 11) is 1.84. The number of hydroxylamine groups is 2. The largest absolute Gasteiger partial charge is 0.464 e. The molecule has 0 aliphatic heterocycles. The lowest BCUT2D eigenvalue weighted by Gasteiger charge is -2.31. The van der Waals surface area contributed by atoms with Gasteiger partial charge >= 0.3 is 30.0 Å². The van der Waals surface area contributed by atoms with Gasteiger partial charge in [0, 0.05) is 7.05 Å². The number of aromatic nitrogens is 1. The fourth-order valence-electron chi connectivity index (χ4n) is 1.57. The Morgan fingerprint density at radius 3 is 1.92 bits per heavy atom. The summed E-state index contributed by atoms with van der Waals surface area (Å²) in [6.07, 6.45) is -6.77. The van der Waals surface area contributed by atoms with Gasteiger partial charge in [-0.05, 0) is 12.1 Å². The molecule has 1 aromatic rings. The van der Waals surface area contributed by atoms with Crippen molar-refractivity contribution in [3.8, 4) is 0 Å². The maximum Gasteiger partial charge on any atom is 0.462 e. The summed E-state index contributed by atoms with van der Waals surface area (Å²) in [5.74, 6) is -10.3. The Morgan fingerprint density at radius 1 is 1.04 bits per heavy atom. The molecule has 0 saturated heterocycles. The third-order valence-corrected chi connectivity index (χ3v) is 2.91. The van der Waals surface area contributed by atoms with E-state index in [0.717, 1.165) is 20.2 Å². The molecule has 24 heavy (non-hydrogen) atoms. The Morgan fingerprint density at radius 2 is 1.50 bits per heavy atom. The molecule has 0 N–H and O–H groups in total. The highest BCUT2D eigenvalue weighted by molar-refractivity contribution is 5.95. The van der Waals surface area contributed by atoms with E-state index >= 15 is 0 Å². The van der Waals surface area contributed by atoms with E-state index in [1.165, 1.54) is 0 Å². The summed E-state index contributed by atoms with van der Waals surface area (Å²) in [5, 5.41) is 8.89. The molecule has 0 spiro atoms. The van der Waals surface area contributed by atoms with Crippen molar-refractivity contribution in [2.75, 3.05) is 7.11 Å². The summed E-state index contributed by atoms with van der Waals surface area (Å²) in [4.78, 5) is 22.8. The van der Waals surface area contributed by atoms with Crippen LogP contribution in [0.25, 0.3) is 0 Å². The van der Waals surface area contributed by atoms with Crippen LogP contribution in [0, 0.1) is 0 Å². The minimum Gasteiger partial charge on any atom is -0.464 e. The number of nitrogens with zero attached hydrogens (tertiary/aromatic N) is 2. The number of alkyl halides is 7. The van der Waals surface area contributed by atoms with Crippen LogP contribution in [0.15, 0.2) is 12.1 Å². The molecule has 0 aliphatic carbocycles. The molecular weight excluding hydrogens is 357 g/mol. The summed E-state index contributed by atoms with van der Waals surface area (Å²) in [6.45, 7) is 0. The Kier molecular flexibility index (Phi) is 4.90. The van der Waals surface area contributed by atoms with Crippen LogP contribution >= 0.6 is 0 Å². The van der Waals surface area contributed by atoms with Crippen LogP contribution in [-0.2, 0) is 17.0 Å². The number of rotatable bonds is 4. The number of hydrogen-bond acceptors (Lipinski definition) is 3. The second-order valence-electron chi connectivity index (χ2n) is 4.37. The fraction of sp³-hybridized carbons (Fsp3) is 0.455. The third kappa shape index (κ3) is 2.90. The predicted octanol–water partition coefficient (Wildman–Crippen LogP) is 2.39. The molecule has 1 amide bonds. The molecule has 0 unspecified atom stereocenters. The smallest absolute Gasteiger partial charge is 0.462 e. The fourth-order valence-corrected chi connectivity index (χ4v) is 1.57. The van der Waals surface area contributed by atoms with Crippen molar-refractivity contribution in [2.45, 2.75) is 18.1 Å². The van der Waals surface area contributed by atoms with Gasteiger partial charge in [0.15, 0.2) is 0 Å². The van der Waals surface area contributed by atoms with Crippen molar-refractivity contribution in [2.24, 2.45) is 7.05 Å². The van der Waals surface area contributed by atoms with Crippen LogP contribution in [0.1, 0.15) is 21.0 Å². The lowest BCUT2D eigenvalue weighted by atomic mass is 10.2. The summed E-state index contributed by atoms with van der Waals surface area (Å²) in [6, 6.07) is -4.97. The van der Waals surface area contributed by atoms with Gasteiger partial charge in [-0.1, -0.05) is 5.21 Å². The average molecular weight is 365 g/mol. The molecule has 0 aromatic carbocycles. The van der Waals surface area contributed by atoms with E-state index in [1.807, 2.05) is 0 Å². The van der Waals surface area contributed by atoms with E-state index in [1.54, 1.807) is 0 Å². The third-order valence-electron chi connectivity index (χ3n) is 2.91. The number of esters is 1. The quantitative estimate of drug-likeness (QED) is 0.356. The first-order valence-corrected chi connectivity index (χ1v) is 5.78. The highest BCUT2D eigenvalue weighted by Gasteiger charge is 2.77. The summed E-state index contributed by atoms with van der Waals surface area (Å²) in [5.41, 5.74) is -1.46. The first-order chi connectivity index (χ1) is 10.7. The van der Waals surface area contributed by atoms with E-state index in [4.69, 9.17) is 0 Å². The Hall–Kier alpha value is -2.31. The van der Waals surface area contributed by atoms with E-state index in [9.17, 15) is 45.5 Å². The molecule has 1 rings (SSSR count). The first-order valence-electron chi connectivity index (χ1n) is 5.78. The number of hydrogen-bond donors (Lipinski definition) is 0. The molecule has 0 aliphatic rings. The molecule has 1 heterocycles. The van der Waals surface area contributed by atoms with Gasteiger partial charge in [0.1, 0.15) is 11.4 Å². The van der Waals surface area contributed by atoms with Gasteiger partial charge < -0.3 is 9.30 Å². The number of carbonyl (C=O) groups excluding carboxylic acids is 2. The molecule has 135 valence electrons. The van der Waals surface area contributed by atoms with Gasteiger partial charge in [0.05, 0.1) is 7.11 Å². The topological polar surface area (TPSA) is 71.4 Å². The van der Waals surface area contributed by atoms with E-state index in [2.05, 4.69) is 4.74 Å². The number of ether oxygens (including phenoxy) is 1. The van der Waals surface area contributed by atoms with E-state index in [-0.39, 0.29) is 0 Å². The first kappa shape index (κ1) is 19.7. The van der Waals surface area contributed by atoms with Crippen LogP contribution in [-0.4, -0.2) is 46.8 Å². The second kappa shape index (κ2) is 5.96. The van der Waals surface area contributed by atoms with Crippen molar-refractivity contribution in [1.82, 2.24) is 9.63 Å². The Balaban J connectivity index is 3.25. The highest BCUT2D eigenvalue weighted by atomic mass is 19.4. The zero-order chi connectivity index (χ0) is 19.1. The van der Waals surface area contributed by atoms with E-state index < -0.39 is 46.5 Å². The molecule has 6 nitrogen and oxygen atoms in total. The van der Waals surface area contributed by atoms with Gasteiger partial charge in [-0.15, -0.1) is 5.06 Å². The normalized spacial score (nSPS) is 12.9. The maximum atomic E-state index is 13.2. The zero-order valence-corrected chi connectivity index (χ0v) is 11.8. The molecule has 1 aromatic heterocycles. The minimum absolute atomic E-state index is 0.430. The highest BCUT2D eigenvalue weighted by Crippen LogP contribution is 2.47. The van der Waals surface area contributed by atoms with Crippen molar-refractivity contribution in [3.63, 3.8) is 0 Å².